The van der Waals surface area contributed by atoms with E-state index in [2.05, 4.69) is 10.6 Å². The number of anilines is 2. The van der Waals surface area contributed by atoms with E-state index in [1.165, 1.54) is 0 Å². The van der Waals surface area contributed by atoms with Crippen LogP contribution in [0.25, 0.3) is 11.0 Å². The number of nitrogens with zero attached hydrogens (tertiary/aromatic N) is 1. The zero-order valence-electron chi connectivity index (χ0n) is 18.5. The SMILES string of the molecule is O=C(Nc1c(C(=O)N2CCOCC2)oc2ccccc12)c1cccc(NC(=O)[C@@H]2CCCO2)c1. The van der Waals surface area contributed by atoms with E-state index < -0.39 is 12.0 Å². The minimum atomic E-state index is -0.469. The summed E-state index contributed by atoms with van der Waals surface area (Å²) in [5.41, 5.74) is 1.66. The smallest absolute Gasteiger partial charge is 0.291 e. The molecule has 2 aliphatic rings. The summed E-state index contributed by atoms with van der Waals surface area (Å²) in [6.45, 7) is 2.40. The van der Waals surface area contributed by atoms with E-state index in [1.54, 1.807) is 47.4 Å². The van der Waals surface area contributed by atoms with Crippen molar-refractivity contribution in [3.63, 3.8) is 0 Å². The maximum Gasteiger partial charge on any atom is 0.291 e. The predicted molar refractivity (Wildman–Crippen MR) is 125 cm³/mol. The monoisotopic (exact) mass is 463 g/mol. The largest absolute Gasteiger partial charge is 0.449 e. The molecule has 1 aromatic heterocycles. The first-order chi connectivity index (χ1) is 16.6. The van der Waals surface area contributed by atoms with Gasteiger partial charge in [-0.3, -0.25) is 14.4 Å². The molecule has 2 N–H and O–H groups in total. The molecule has 34 heavy (non-hydrogen) atoms. The van der Waals surface area contributed by atoms with Crippen LogP contribution < -0.4 is 10.6 Å². The summed E-state index contributed by atoms with van der Waals surface area (Å²) in [5, 5.41) is 6.30. The zero-order chi connectivity index (χ0) is 23.5. The molecule has 0 aliphatic carbocycles. The van der Waals surface area contributed by atoms with E-state index in [1.807, 2.05) is 6.07 Å². The summed E-state index contributed by atoms with van der Waals surface area (Å²) in [6, 6.07) is 13.8. The van der Waals surface area contributed by atoms with Crippen molar-refractivity contribution < 1.29 is 28.3 Å². The number of hydrogen-bond donors (Lipinski definition) is 2. The molecule has 0 unspecified atom stereocenters. The Labute approximate surface area is 196 Å². The van der Waals surface area contributed by atoms with Crippen molar-refractivity contribution >= 4 is 40.1 Å². The van der Waals surface area contributed by atoms with Crippen LogP contribution in [0, 0.1) is 0 Å². The first kappa shape index (κ1) is 22.1. The van der Waals surface area contributed by atoms with Crippen LogP contribution in [0.3, 0.4) is 0 Å². The molecule has 0 spiro atoms. The summed E-state index contributed by atoms with van der Waals surface area (Å²) < 4.78 is 16.6. The predicted octanol–water partition coefficient (Wildman–Crippen LogP) is 3.28. The van der Waals surface area contributed by atoms with Gasteiger partial charge in [0.25, 0.3) is 17.7 Å². The van der Waals surface area contributed by atoms with Gasteiger partial charge in [0.2, 0.25) is 5.76 Å². The Bertz CT molecular complexity index is 1220. The van der Waals surface area contributed by atoms with Crippen LogP contribution in [-0.2, 0) is 14.3 Å². The second-order valence-corrected chi connectivity index (χ2v) is 8.23. The van der Waals surface area contributed by atoms with E-state index in [-0.39, 0.29) is 17.6 Å². The van der Waals surface area contributed by atoms with E-state index in [9.17, 15) is 14.4 Å². The van der Waals surface area contributed by atoms with E-state index >= 15 is 0 Å². The van der Waals surface area contributed by atoms with Gasteiger partial charge in [-0.15, -0.1) is 0 Å². The topological polar surface area (TPSA) is 110 Å². The Morgan fingerprint density at radius 3 is 2.56 bits per heavy atom. The quantitative estimate of drug-likeness (QED) is 0.601. The van der Waals surface area contributed by atoms with Crippen LogP contribution in [0.15, 0.2) is 52.9 Å². The molecule has 5 rings (SSSR count). The van der Waals surface area contributed by atoms with Crippen molar-refractivity contribution in [2.45, 2.75) is 18.9 Å². The van der Waals surface area contributed by atoms with Gasteiger partial charge in [-0.05, 0) is 43.2 Å². The lowest BCUT2D eigenvalue weighted by atomic mass is 10.1. The van der Waals surface area contributed by atoms with Gasteiger partial charge in [0, 0.05) is 36.3 Å². The molecule has 0 radical (unpaired) electrons. The molecule has 2 fully saturated rings. The van der Waals surface area contributed by atoms with Crippen molar-refractivity contribution in [2.75, 3.05) is 43.5 Å². The van der Waals surface area contributed by atoms with Gasteiger partial charge >= 0.3 is 0 Å². The highest BCUT2D eigenvalue weighted by molar-refractivity contribution is 6.14. The lowest BCUT2D eigenvalue weighted by Gasteiger charge is -2.26. The second kappa shape index (κ2) is 9.66. The molecule has 3 amide bonds. The number of ether oxygens (including phenoxy) is 2. The fourth-order valence-electron chi connectivity index (χ4n) is 4.16. The van der Waals surface area contributed by atoms with E-state index in [0.29, 0.717) is 67.2 Å². The van der Waals surface area contributed by atoms with Crippen molar-refractivity contribution in [1.29, 1.82) is 0 Å². The Morgan fingerprint density at radius 1 is 0.941 bits per heavy atom. The Hall–Kier alpha value is -3.69. The van der Waals surface area contributed by atoms with Gasteiger partial charge in [0.1, 0.15) is 17.4 Å². The Morgan fingerprint density at radius 2 is 1.76 bits per heavy atom. The highest BCUT2D eigenvalue weighted by atomic mass is 16.5. The van der Waals surface area contributed by atoms with Gasteiger partial charge < -0.3 is 29.4 Å². The van der Waals surface area contributed by atoms with Crippen LogP contribution in [-0.4, -0.2) is 61.6 Å². The number of morpholine rings is 1. The number of carbonyl (C=O) groups excluding carboxylic acids is 3. The van der Waals surface area contributed by atoms with Gasteiger partial charge in [0.15, 0.2) is 0 Å². The summed E-state index contributed by atoms with van der Waals surface area (Å²) in [4.78, 5) is 40.4. The third kappa shape index (κ3) is 4.52. The van der Waals surface area contributed by atoms with Crippen molar-refractivity contribution in [3.05, 3.63) is 59.9 Å². The first-order valence-corrected chi connectivity index (χ1v) is 11.3. The van der Waals surface area contributed by atoms with Gasteiger partial charge in [-0.25, -0.2) is 0 Å². The summed E-state index contributed by atoms with van der Waals surface area (Å²) in [5.74, 6) is -0.864. The molecule has 176 valence electrons. The average molecular weight is 463 g/mol. The van der Waals surface area contributed by atoms with Crippen molar-refractivity contribution in [1.82, 2.24) is 4.90 Å². The van der Waals surface area contributed by atoms with E-state index in [4.69, 9.17) is 13.9 Å². The summed E-state index contributed by atoms with van der Waals surface area (Å²) >= 11 is 0. The fourth-order valence-corrected chi connectivity index (χ4v) is 4.16. The minimum Gasteiger partial charge on any atom is -0.449 e. The molecule has 0 bridgehead atoms. The van der Waals surface area contributed by atoms with Crippen LogP contribution in [0.4, 0.5) is 11.4 Å². The normalized spacial score (nSPS) is 18.1. The standard InChI is InChI=1S/C25H25N3O6/c29-23(16-5-3-6-17(15-16)26-24(30)20-9-4-12-33-20)27-21-18-7-1-2-8-19(18)34-22(21)25(31)28-10-13-32-14-11-28/h1-3,5-8,15,20H,4,9-14H2,(H,26,30)(H,27,29)/t20-/m0/s1. The third-order valence-electron chi connectivity index (χ3n) is 5.94. The number of amides is 3. The average Bonchev–Trinajstić information content (AvgIpc) is 3.53. The van der Waals surface area contributed by atoms with Crippen LogP contribution in [0.1, 0.15) is 33.8 Å². The maximum atomic E-state index is 13.2. The van der Waals surface area contributed by atoms with Crippen LogP contribution >= 0.6 is 0 Å². The fraction of sp³-hybridized carbons (Fsp3) is 0.320. The third-order valence-corrected chi connectivity index (χ3v) is 5.94. The molecule has 1 atom stereocenters. The summed E-state index contributed by atoms with van der Waals surface area (Å²) in [7, 11) is 0. The number of fused-ring (bicyclic) bond motifs is 1. The lowest BCUT2D eigenvalue weighted by molar-refractivity contribution is -0.124. The number of nitrogens with one attached hydrogen (secondary N) is 2. The Balaban J connectivity index is 1.39. The number of rotatable bonds is 5. The molecule has 2 aliphatic heterocycles. The molecule has 3 aromatic rings. The minimum absolute atomic E-state index is 0.0827. The first-order valence-electron chi connectivity index (χ1n) is 11.3. The maximum absolute atomic E-state index is 13.2. The van der Waals surface area contributed by atoms with E-state index in [0.717, 1.165) is 6.42 Å². The number of hydrogen-bond acceptors (Lipinski definition) is 6. The van der Waals surface area contributed by atoms with Crippen molar-refractivity contribution in [2.24, 2.45) is 0 Å². The zero-order valence-corrected chi connectivity index (χ0v) is 18.5. The van der Waals surface area contributed by atoms with Gasteiger partial charge in [-0.1, -0.05) is 18.2 Å². The number of carbonyl (C=O) groups is 3. The molecule has 3 heterocycles. The highest BCUT2D eigenvalue weighted by Crippen LogP contribution is 2.32. The van der Waals surface area contributed by atoms with Crippen LogP contribution in [0.5, 0.6) is 0 Å². The molecule has 0 saturated carbocycles. The second-order valence-electron chi connectivity index (χ2n) is 8.23. The molecular weight excluding hydrogens is 438 g/mol. The highest BCUT2D eigenvalue weighted by Gasteiger charge is 2.28. The Kier molecular flexibility index (Phi) is 6.29. The number of para-hydroxylation sites is 1. The molecular formula is C25H25N3O6. The molecule has 9 heteroatoms. The van der Waals surface area contributed by atoms with Crippen molar-refractivity contribution in [3.8, 4) is 0 Å². The molecule has 9 nitrogen and oxygen atoms in total. The molecule has 2 saturated heterocycles. The van der Waals surface area contributed by atoms with Gasteiger partial charge in [-0.2, -0.15) is 0 Å². The number of benzene rings is 2. The number of furan rings is 1. The molecule has 2 aromatic carbocycles. The van der Waals surface area contributed by atoms with Gasteiger partial charge in [0.05, 0.1) is 13.2 Å². The summed E-state index contributed by atoms with van der Waals surface area (Å²) in [6.07, 6.45) is 1.06. The van der Waals surface area contributed by atoms with Crippen LogP contribution in [0.2, 0.25) is 0 Å². The lowest BCUT2D eigenvalue weighted by Crippen LogP contribution is -2.40.